The molecule has 0 spiro atoms. The van der Waals surface area contributed by atoms with E-state index in [1.54, 1.807) is 7.11 Å². The summed E-state index contributed by atoms with van der Waals surface area (Å²) in [5.41, 5.74) is 3.62. The number of methoxy groups -OCH3 is 1. The van der Waals surface area contributed by atoms with Crippen molar-refractivity contribution in [1.82, 2.24) is 10.3 Å². The lowest BCUT2D eigenvalue weighted by Crippen LogP contribution is -2.27. The van der Waals surface area contributed by atoms with Gasteiger partial charge in [0.25, 0.3) is 5.56 Å². The van der Waals surface area contributed by atoms with Crippen LogP contribution in [0.25, 0.3) is 10.9 Å². The summed E-state index contributed by atoms with van der Waals surface area (Å²) in [5, 5.41) is 3.75. The minimum Gasteiger partial charge on any atom is -0.383 e. The maximum atomic E-state index is 12.2. The fraction of sp³-hybridized carbons (Fsp3) is 0.412. The molecule has 2 N–H and O–H groups in total. The molecule has 22 heavy (non-hydrogen) atoms. The van der Waals surface area contributed by atoms with E-state index in [1.165, 1.54) is 0 Å². The van der Waals surface area contributed by atoms with Crippen LogP contribution in [-0.4, -0.2) is 31.2 Å². The molecule has 2 rings (SSSR count). The number of rotatable bonds is 6. The van der Waals surface area contributed by atoms with Crippen molar-refractivity contribution >= 4 is 16.8 Å². The van der Waals surface area contributed by atoms with Crippen molar-refractivity contribution in [3.05, 3.63) is 45.2 Å². The Morgan fingerprint density at radius 1 is 1.32 bits per heavy atom. The van der Waals surface area contributed by atoms with Gasteiger partial charge in [-0.3, -0.25) is 9.59 Å². The number of benzene rings is 1. The van der Waals surface area contributed by atoms with Crippen molar-refractivity contribution in [1.29, 1.82) is 0 Å². The zero-order valence-electron chi connectivity index (χ0n) is 13.3. The number of H-pyrrole nitrogens is 1. The summed E-state index contributed by atoms with van der Waals surface area (Å²) in [6.07, 6.45) is 0.722. The van der Waals surface area contributed by atoms with E-state index in [0.717, 1.165) is 22.0 Å². The lowest BCUT2D eigenvalue weighted by atomic mass is 10.0. The number of nitrogens with one attached hydrogen (secondary N) is 2. The van der Waals surface area contributed by atoms with E-state index in [9.17, 15) is 9.59 Å². The van der Waals surface area contributed by atoms with Crippen LogP contribution >= 0.6 is 0 Å². The van der Waals surface area contributed by atoms with Crippen LogP contribution in [0.4, 0.5) is 0 Å². The van der Waals surface area contributed by atoms with E-state index in [2.05, 4.69) is 10.3 Å². The lowest BCUT2D eigenvalue weighted by molar-refractivity contribution is -0.121. The molecule has 0 atom stereocenters. The van der Waals surface area contributed by atoms with Crippen LogP contribution in [-0.2, 0) is 16.0 Å². The van der Waals surface area contributed by atoms with Crippen LogP contribution in [0.1, 0.15) is 23.1 Å². The van der Waals surface area contributed by atoms with Gasteiger partial charge >= 0.3 is 0 Å². The van der Waals surface area contributed by atoms with Gasteiger partial charge in [0.2, 0.25) is 5.91 Å². The summed E-state index contributed by atoms with van der Waals surface area (Å²) < 4.78 is 4.87. The smallest absolute Gasteiger partial charge is 0.251 e. The first kappa shape index (κ1) is 16.2. The molecule has 0 radical (unpaired) electrons. The molecular formula is C17H22N2O3. The molecule has 1 aromatic heterocycles. The fourth-order valence-electron chi connectivity index (χ4n) is 2.38. The summed E-state index contributed by atoms with van der Waals surface area (Å²) in [4.78, 5) is 26.8. The Bertz CT molecular complexity index is 734. The predicted molar refractivity (Wildman–Crippen MR) is 87.2 cm³/mol. The van der Waals surface area contributed by atoms with E-state index < -0.39 is 0 Å². The van der Waals surface area contributed by atoms with Gasteiger partial charge in [-0.2, -0.15) is 0 Å². The van der Waals surface area contributed by atoms with Crippen LogP contribution < -0.4 is 10.9 Å². The molecule has 1 heterocycles. The standard InChI is InChI=1S/C17H22N2O3/c1-11-4-5-13-10-14(17(21)19-16(13)12(11)2)6-7-15(20)18-8-9-22-3/h4-5,10H,6-9H2,1-3H3,(H,18,20)(H,19,21). The third-order valence-electron chi connectivity index (χ3n) is 3.88. The van der Waals surface area contributed by atoms with E-state index in [4.69, 9.17) is 4.74 Å². The van der Waals surface area contributed by atoms with Gasteiger partial charge in [-0.1, -0.05) is 12.1 Å². The maximum absolute atomic E-state index is 12.2. The van der Waals surface area contributed by atoms with Gasteiger partial charge in [0.05, 0.1) is 12.1 Å². The second-order valence-corrected chi connectivity index (χ2v) is 5.44. The normalized spacial score (nSPS) is 10.9. The monoisotopic (exact) mass is 302 g/mol. The molecule has 0 aliphatic heterocycles. The van der Waals surface area contributed by atoms with E-state index in [1.807, 2.05) is 32.0 Å². The number of amides is 1. The molecule has 0 unspecified atom stereocenters. The summed E-state index contributed by atoms with van der Waals surface area (Å²) in [7, 11) is 1.59. The highest BCUT2D eigenvalue weighted by molar-refractivity contribution is 5.83. The van der Waals surface area contributed by atoms with Gasteiger partial charge in [0.15, 0.2) is 0 Å². The van der Waals surface area contributed by atoms with Gasteiger partial charge in [-0.25, -0.2) is 0 Å². The number of carbonyl (C=O) groups is 1. The van der Waals surface area contributed by atoms with Crippen molar-refractivity contribution < 1.29 is 9.53 Å². The van der Waals surface area contributed by atoms with Crippen molar-refractivity contribution in [2.24, 2.45) is 0 Å². The van der Waals surface area contributed by atoms with Gasteiger partial charge < -0.3 is 15.0 Å². The predicted octanol–water partition coefficient (Wildman–Crippen LogP) is 1.84. The number of aryl methyl sites for hydroxylation is 3. The number of hydrogen-bond acceptors (Lipinski definition) is 3. The number of fused-ring (bicyclic) bond motifs is 1. The average Bonchev–Trinajstić information content (AvgIpc) is 2.50. The van der Waals surface area contributed by atoms with E-state index in [-0.39, 0.29) is 11.5 Å². The number of carbonyl (C=O) groups excluding carboxylic acids is 1. The molecule has 118 valence electrons. The van der Waals surface area contributed by atoms with Crippen molar-refractivity contribution in [2.45, 2.75) is 26.7 Å². The number of hydrogen-bond donors (Lipinski definition) is 2. The molecule has 0 bridgehead atoms. The van der Waals surface area contributed by atoms with Crippen LogP contribution in [0.15, 0.2) is 23.0 Å². The van der Waals surface area contributed by atoms with Crippen molar-refractivity contribution in [3.63, 3.8) is 0 Å². The summed E-state index contributed by atoms with van der Waals surface area (Å²) in [6, 6.07) is 5.91. The molecular weight excluding hydrogens is 280 g/mol. The molecule has 0 aliphatic rings. The lowest BCUT2D eigenvalue weighted by Gasteiger charge is -2.08. The average molecular weight is 302 g/mol. The van der Waals surface area contributed by atoms with Gasteiger partial charge in [-0.15, -0.1) is 0 Å². The highest BCUT2D eigenvalue weighted by Gasteiger charge is 2.08. The topological polar surface area (TPSA) is 71.2 Å². The molecule has 1 aromatic carbocycles. The first-order chi connectivity index (χ1) is 10.5. The van der Waals surface area contributed by atoms with Crippen LogP contribution in [0.5, 0.6) is 0 Å². The Balaban J connectivity index is 2.12. The zero-order valence-corrected chi connectivity index (χ0v) is 13.3. The largest absolute Gasteiger partial charge is 0.383 e. The molecule has 2 aromatic rings. The Morgan fingerprint density at radius 2 is 2.09 bits per heavy atom. The first-order valence-electron chi connectivity index (χ1n) is 7.40. The maximum Gasteiger partial charge on any atom is 0.251 e. The second kappa shape index (κ2) is 7.22. The van der Waals surface area contributed by atoms with Crippen molar-refractivity contribution in [3.8, 4) is 0 Å². The van der Waals surface area contributed by atoms with Gasteiger partial charge in [-0.05, 0) is 42.8 Å². The molecule has 5 nitrogen and oxygen atoms in total. The number of aromatic amines is 1. The molecule has 5 heteroatoms. The molecule has 0 saturated heterocycles. The second-order valence-electron chi connectivity index (χ2n) is 5.44. The quantitative estimate of drug-likeness (QED) is 0.800. The Hall–Kier alpha value is -2.14. The molecule has 1 amide bonds. The molecule has 0 aliphatic carbocycles. The van der Waals surface area contributed by atoms with E-state index >= 15 is 0 Å². The number of aromatic nitrogens is 1. The minimum atomic E-state index is -0.120. The van der Waals surface area contributed by atoms with Crippen LogP contribution in [0.3, 0.4) is 0 Å². The van der Waals surface area contributed by atoms with Crippen LogP contribution in [0, 0.1) is 13.8 Å². The fourth-order valence-corrected chi connectivity index (χ4v) is 2.38. The molecule has 0 fully saturated rings. The highest BCUT2D eigenvalue weighted by Crippen LogP contribution is 2.19. The molecule has 0 saturated carbocycles. The highest BCUT2D eigenvalue weighted by atomic mass is 16.5. The van der Waals surface area contributed by atoms with Gasteiger partial charge in [0.1, 0.15) is 0 Å². The number of ether oxygens (including phenoxy) is 1. The summed E-state index contributed by atoms with van der Waals surface area (Å²) in [5.74, 6) is -0.0726. The number of pyridine rings is 1. The van der Waals surface area contributed by atoms with Gasteiger partial charge in [0, 0.05) is 25.6 Å². The Labute approximate surface area is 129 Å². The Morgan fingerprint density at radius 3 is 2.82 bits per heavy atom. The zero-order chi connectivity index (χ0) is 16.1. The SMILES string of the molecule is COCCNC(=O)CCc1cc2ccc(C)c(C)c2[nH]c1=O. The Kier molecular flexibility index (Phi) is 5.33. The van der Waals surface area contributed by atoms with Crippen LogP contribution in [0.2, 0.25) is 0 Å². The van der Waals surface area contributed by atoms with E-state index in [0.29, 0.717) is 31.6 Å². The summed E-state index contributed by atoms with van der Waals surface area (Å²) >= 11 is 0. The van der Waals surface area contributed by atoms with Crippen molar-refractivity contribution in [2.75, 3.05) is 20.3 Å². The third kappa shape index (κ3) is 3.74. The third-order valence-corrected chi connectivity index (χ3v) is 3.88. The first-order valence-corrected chi connectivity index (χ1v) is 7.40. The minimum absolute atomic E-state index is 0.0726. The summed E-state index contributed by atoms with van der Waals surface area (Å²) in [6.45, 7) is 4.99.